The minimum absolute atomic E-state index is 0.116. The van der Waals surface area contributed by atoms with Crippen molar-refractivity contribution in [2.75, 3.05) is 24.6 Å². The van der Waals surface area contributed by atoms with Gasteiger partial charge in [0.15, 0.2) is 11.6 Å². The number of anilines is 1. The van der Waals surface area contributed by atoms with Gasteiger partial charge in [-0.15, -0.1) is 0 Å². The first kappa shape index (κ1) is 20.2. The number of nitrogens with zero attached hydrogens (tertiary/aromatic N) is 4. The molecular weight excluding hydrogens is 390 g/mol. The summed E-state index contributed by atoms with van der Waals surface area (Å²) < 4.78 is 32.1. The van der Waals surface area contributed by atoms with Crippen LogP contribution in [0.1, 0.15) is 37.0 Å². The van der Waals surface area contributed by atoms with Crippen LogP contribution in [0.25, 0.3) is 0 Å². The number of benzene rings is 1. The number of aromatic nitrogens is 1. The second kappa shape index (κ2) is 8.36. The van der Waals surface area contributed by atoms with Gasteiger partial charge in [0.25, 0.3) is 0 Å². The average molecular weight is 412 g/mol. The lowest BCUT2D eigenvalue weighted by Crippen LogP contribution is -2.56. The van der Waals surface area contributed by atoms with Crippen LogP contribution in [0.2, 0.25) is 0 Å². The normalized spacial score (nSPS) is 21.4. The van der Waals surface area contributed by atoms with Gasteiger partial charge < -0.3 is 14.5 Å². The average Bonchev–Trinajstić information content (AvgIpc) is 3.02. The molecule has 2 bridgehead atoms. The van der Waals surface area contributed by atoms with Crippen molar-refractivity contribution < 1.29 is 18.3 Å². The van der Waals surface area contributed by atoms with E-state index >= 15 is 0 Å². The lowest BCUT2D eigenvalue weighted by atomic mass is 10.1. The number of halogens is 2. The van der Waals surface area contributed by atoms with Gasteiger partial charge in [-0.3, -0.25) is 4.79 Å². The van der Waals surface area contributed by atoms with Crippen LogP contribution in [0.3, 0.4) is 0 Å². The van der Waals surface area contributed by atoms with Crippen molar-refractivity contribution in [3.05, 3.63) is 59.3 Å². The summed E-state index contributed by atoms with van der Waals surface area (Å²) in [6.45, 7) is 2.76. The summed E-state index contributed by atoms with van der Waals surface area (Å²) >= 11 is 0. The number of hydrogen-bond acceptors (Lipinski definition) is 5. The van der Waals surface area contributed by atoms with E-state index in [-0.39, 0.29) is 24.6 Å². The number of piperazine rings is 1. The molecule has 6 nitrogen and oxygen atoms in total. The van der Waals surface area contributed by atoms with Crippen LogP contribution in [-0.2, 0) is 9.53 Å². The van der Waals surface area contributed by atoms with Gasteiger partial charge in [-0.1, -0.05) is 6.07 Å². The first-order valence-electron chi connectivity index (χ1n) is 9.95. The Bertz CT molecular complexity index is 962. The third-order valence-electron chi connectivity index (χ3n) is 5.85. The van der Waals surface area contributed by atoms with Crippen LogP contribution in [0.4, 0.5) is 14.6 Å². The minimum atomic E-state index is -0.932. The van der Waals surface area contributed by atoms with Gasteiger partial charge in [-0.25, -0.2) is 13.8 Å². The van der Waals surface area contributed by atoms with Crippen molar-refractivity contribution in [3.8, 4) is 6.07 Å². The summed E-state index contributed by atoms with van der Waals surface area (Å²) in [5.74, 6) is -1.13. The molecule has 0 radical (unpaired) electrons. The van der Waals surface area contributed by atoms with Crippen LogP contribution in [0.15, 0.2) is 36.5 Å². The van der Waals surface area contributed by atoms with Crippen molar-refractivity contribution >= 4 is 11.7 Å². The van der Waals surface area contributed by atoms with Crippen LogP contribution < -0.4 is 4.90 Å². The highest BCUT2D eigenvalue weighted by Crippen LogP contribution is 2.34. The molecule has 4 rings (SSSR count). The molecule has 2 fully saturated rings. The predicted octanol–water partition coefficient (Wildman–Crippen LogP) is 3.19. The number of hydrogen-bond donors (Lipinski definition) is 0. The van der Waals surface area contributed by atoms with E-state index in [0.717, 1.165) is 30.8 Å². The van der Waals surface area contributed by atoms with E-state index in [4.69, 9.17) is 10.00 Å². The van der Waals surface area contributed by atoms with E-state index < -0.39 is 17.7 Å². The molecule has 156 valence electrons. The zero-order valence-electron chi connectivity index (χ0n) is 16.6. The number of amides is 1. The Labute approximate surface area is 173 Å². The first-order chi connectivity index (χ1) is 14.5. The fourth-order valence-corrected chi connectivity index (χ4v) is 4.23. The van der Waals surface area contributed by atoms with Crippen LogP contribution >= 0.6 is 0 Å². The van der Waals surface area contributed by atoms with Gasteiger partial charge in [0.05, 0.1) is 11.7 Å². The summed E-state index contributed by atoms with van der Waals surface area (Å²) in [4.78, 5) is 21.2. The Kier molecular flexibility index (Phi) is 5.64. The van der Waals surface area contributed by atoms with Gasteiger partial charge in [-0.2, -0.15) is 5.26 Å². The smallest absolute Gasteiger partial charge is 0.248 e. The second-order valence-electron chi connectivity index (χ2n) is 7.73. The lowest BCUT2D eigenvalue weighted by Gasteiger charge is -2.41. The molecule has 2 aliphatic heterocycles. The molecule has 2 aliphatic rings. The molecule has 2 saturated heterocycles. The van der Waals surface area contributed by atoms with E-state index in [1.807, 2.05) is 6.07 Å². The summed E-state index contributed by atoms with van der Waals surface area (Å²) in [6.07, 6.45) is 2.99. The molecule has 1 aromatic heterocycles. The highest BCUT2D eigenvalue weighted by atomic mass is 19.2. The molecule has 3 atom stereocenters. The van der Waals surface area contributed by atoms with Gasteiger partial charge in [-0.05, 0) is 49.6 Å². The van der Waals surface area contributed by atoms with Crippen LogP contribution in [0.5, 0.6) is 0 Å². The Balaban J connectivity index is 1.35. The molecule has 2 unspecified atom stereocenters. The van der Waals surface area contributed by atoms with E-state index in [2.05, 4.69) is 16.0 Å². The first-order valence-corrected chi connectivity index (χ1v) is 9.95. The molecule has 0 N–H and O–H groups in total. The quantitative estimate of drug-likeness (QED) is 0.755. The lowest BCUT2D eigenvalue weighted by molar-refractivity contribution is -0.139. The molecule has 8 heteroatoms. The van der Waals surface area contributed by atoms with E-state index in [1.54, 1.807) is 24.1 Å². The number of pyridine rings is 1. The topological polar surface area (TPSA) is 69.5 Å². The third kappa shape index (κ3) is 3.98. The van der Waals surface area contributed by atoms with Crippen molar-refractivity contribution in [2.45, 2.75) is 38.0 Å². The monoisotopic (exact) mass is 412 g/mol. The van der Waals surface area contributed by atoms with Gasteiger partial charge >= 0.3 is 0 Å². The van der Waals surface area contributed by atoms with Crippen molar-refractivity contribution in [1.82, 2.24) is 9.88 Å². The molecule has 0 aliphatic carbocycles. The summed E-state index contributed by atoms with van der Waals surface area (Å²) in [5, 5.41) is 8.94. The number of carbonyl (C=O) groups excluding carboxylic acids is 1. The maximum Gasteiger partial charge on any atom is 0.248 e. The number of nitriles is 1. The second-order valence-corrected chi connectivity index (χ2v) is 7.73. The van der Waals surface area contributed by atoms with Crippen molar-refractivity contribution in [3.63, 3.8) is 0 Å². The zero-order valence-corrected chi connectivity index (χ0v) is 16.6. The fraction of sp³-hybridized carbons (Fsp3) is 0.409. The number of likely N-dealkylation sites (tertiary alicyclic amines) is 1. The SMILES string of the molecule is C[C@H](OCC(=O)N1CC2CCC(C1)N2c1ccc(C#N)cn1)c1ccc(F)c(F)c1. The molecule has 0 saturated carbocycles. The Hall–Kier alpha value is -3.05. The molecule has 2 aromatic rings. The Morgan fingerprint density at radius 1 is 1.23 bits per heavy atom. The van der Waals surface area contributed by atoms with Crippen molar-refractivity contribution in [2.24, 2.45) is 0 Å². The molecule has 0 spiro atoms. The Morgan fingerprint density at radius 3 is 2.57 bits per heavy atom. The minimum Gasteiger partial charge on any atom is -0.364 e. The maximum absolute atomic E-state index is 13.4. The number of carbonyl (C=O) groups is 1. The van der Waals surface area contributed by atoms with Crippen LogP contribution in [-0.4, -0.2) is 47.6 Å². The third-order valence-corrected chi connectivity index (χ3v) is 5.85. The molecule has 1 aromatic carbocycles. The molecule has 1 amide bonds. The predicted molar refractivity (Wildman–Crippen MR) is 106 cm³/mol. The maximum atomic E-state index is 13.4. The molecule has 3 heterocycles. The van der Waals surface area contributed by atoms with Gasteiger partial charge in [0.2, 0.25) is 5.91 Å². The van der Waals surface area contributed by atoms with E-state index in [0.29, 0.717) is 24.2 Å². The van der Waals surface area contributed by atoms with Crippen molar-refractivity contribution in [1.29, 1.82) is 5.26 Å². The number of ether oxygens (including phenoxy) is 1. The highest BCUT2D eigenvalue weighted by molar-refractivity contribution is 5.78. The van der Waals surface area contributed by atoms with E-state index in [9.17, 15) is 13.6 Å². The van der Waals surface area contributed by atoms with Gasteiger partial charge in [0, 0.05) is 31.4 Å². The number of rotatable bonds is 5. The van der Waals surface area contributed by atoms with Gasteiger partial charge in [0.1, 0.15) is 18.5 Å². The summed E-state index contributed by atoms with van der Waals surface area (Å²) in [6, 6.07) is 9.64. The van der Waals surface area contributed by atoms with E-state index in [1.165, 1.54) is 6.07 Å². The summed E-state index contributed by atoms with van der Waals surface area (Å²) in [7, 11) is 0. The Morgan fingerprint density at radius 2 is 1.97 bits per heavy atom. The zero-order chi connectivity index (χ0) is 21.3. The number of fused-ring (bicyclic) bond motifs is 2. The standard InChI is InChI=1S/C22H22F2N4O2/c1-14(16-3-6-19(23)20(24)8-16)30-13-22(29)27-11-17-4-5-18(12-27)28(17)21-7-2-15(9-25)10-26-21/h2-3,6-8,10,14,17-18H,4-5,11-13H2,1H3/t14-,17?,18?/m0/s1. The fourth-order valence-electron chi connectivity index (χ4n) is 4.23. The van der Waals surface area contributed by atoms with Crippen LogP contribution in [0, 0.1) is 23.0 Å². The molecule has 30 heavy (non-hydrogen) atoms. The highest BCUT2D eigenvalue weighted by Gasteiger charge is 2.41. The molecular formula is C22H22F2N4O2. The summed E-state index contributed by atoms with van der Waals surface area (Å²) in [5.41, 5.74) is 1.01. The largest absolute Gasteiger partial charge is 0.364 e.